The number of aromatic nitrogens is 2. The van der Waals surface area contributed by atoms with Gasteiger partial charge in [-0.05, 0) is 35.2 Å². The van der Waals surface area contributed by atoms with Gasteiger partial charge in [0, 0.05) is 24.9 Å². The van der Waals surface area contributed by atoms with E-state index in [1.165, 1.54) is 22.9 Å². The summed E-state index contributed by atoms with van der Waals surface area (Å²) in [7, 11) is 0. The molecule has 0 unspecified atom stereocenters. The number of carboxylic acid groups (broad SMARTS) is 1. The molecule has 1 heterocycles. The molecule has 0 aliphatic rings. The molecule has 0 bridgehead atoms. The number of rotatable bonds is 10. The molecular formula is C27H24ClN3O2S. The zero-order valence-corrected chi connectivity index (χ0v) is 20.0. The van der Waals surface area contributed by atoms with Crippen LogP contribution in [0.15, 0.2) is 96.2 Å². The van der Waals surface area contributed by atoms with Crippen molar-refractivity contribution >= 4 is 35.1 Å². The molecule has 172 valence electrons. The molecule has 0 saturated heterocycles. The molecule has 3 aromatic carbocycles. The first kappa shape index (κ1) is 23.8. The summed E-state index contributed by atoms with van der Waals surface area (Å²) >= 11 is 7.87. The van der Waals surface area contributed by atoms with E-state index in [-0.39, 0.29) is 5.56 Å². The number of carbonyl (C=O) groups is 1. The van der Waals surface area contributed by atoms with Crippen molar-refractivity contribution in [2.75, 3.05) is 11.4 Å². The van der Waals surface area contributed by atoms with Crippen LogP contribution in [0.4, 0.5) is 5.82 Å². The van der Waals surface area contributed by atoms with Crippen LogP contribution in [0.5, 0.6) is 0 Å². The monoisotopic (exact) mass is 489 g/mol. The second-order valence-electron chi connectivity index (χ2n) is 7.76. The Hall–Kier alpha value is -3.35. The highest BCUT2D eigenvalue weighted by Gasteiger charge is 2.13. The van der Waals surface area contributed by atoms with Gasteiger partial charge in [-0.15, -0.1) is 0 Å². The summed E-state index contributed by atoms with van der Waals surface area (Å²) in [5, 5.41) is 10.1. The van der Waals surface area contributed by atoms with Gasteiger partial charge in [0.2, 0.25) is 0 Å². The Bertz CT molecular complexity index is 1220. The van der Waals surface area contributed by atoms with Crippen LogP contribution in [0.3, 0.4) is 0 Å². The van der Waals surface area contributed by atoms with Crippen molar-refractivity contribution in [3.63, 3.8) is 0 Å². The van der Waals surface area contributed by atoms with Crippen LogP contribution in [0.1, 0.15) is 27.0 Å². The van der Waals surface area contributed by atoms with Crippen LogP contribution in [0.2, 0.25) is 5.15 Å². The molecule has 4 aromatic rings. The Kier molecular flexibility index (Phi) is 8.17. The van der Waals surface area contributed by atoms with Gasteiger partial charge in [-0.2, -0.15) is 0 Å². The third-order valence-corrected chi connectivity index (χ3v) is 6.40. The van der Waals surface area contributed by atoms with E-state index in [4.69, 9.17) is 21.7 Å². The average Bonchev–Trinajstić information content (AvgIpc) is 2.86. The number of hydrogen-bond donors (Lipinski definition) is 1. The van der Waals surface area contributed by atoms with Crippen LogP contribution in [-0.4, -0.2) is 27.6 Å². The maximum absolute atomic E-state index is 11.1. The van der Waals surface area contributed by atoms with Crippen LogP contribution >= 0.6 is 23.4 Å². The molecule has 0 spiro atoms. The number of anilines is 1. The third-order valence-electron chi connectivity index (χ3n) is 5.28. The normalized spacial score (nSPS) is 10.7. The largest absolute Gasteiger partial charge is 0.478 e. The molecule has 0 saturated carbocycles. The molecule has 0 fully saturated rings. The average molecular weight is 490 g/mol. The topological polar surface area (TPSA) is 66.3 Å². The molecule has 0 radical (unpaired) electrons. The van der Waals surface area contributed by atoms with Crippen molar-refractivity contribution in [3.8, 4) is 0 Å². The van der Waals surface area contributed by atoms with Crippen LogP contribution in [0, 0.1) is 0 Å². The van der Waals surface area contributed by atoms with Crippen molar-refractivity contribution < 1.29 is 9.90 Å². The molecule has 5 nitrogen and oxygen atoms in total. The minimum Gasteiger partial charge on any atom is -0.478 e. The fraction of sp³-hybridized carbons (Fsp3) is 0.148. The molecule has 1 N–H and O–H groups in total. The predicted octanol–water partition coefficient (Wildman–Crippen LogP) is 6.37. The highest BCUT2D eigenvalue weighted by atomic mass is 35.5. The Labute approximate surface area is 208 Å². The summed E-state index contributed by atoms with van der Waals surface area (Å²) in [5.74, 6) is 0.460. The predicted molar refractivity (Wildman–Crippen MR) is 138 cm³/mol. The maximum Gasteiger partial charge on any atom is 0.335 e. The summed E-state index contributed by atoms with van der Waals surface area (Å²) in [6, 6.07) is 29.3. The number of carboxylic acids is 1. The van der Waals surface area contributed by atoms with E-state index in [0.29, 0.717) is 22.6 Å². The maximum atomic E-state index is 11.1. The molecule has 0 aliphatic carbocycles. The second kappa shape index (κ2) is 11.7. The molecule has 0 aliphatic heterocycles. The number of nitrogens with zero attached hydrogens (tertiary/aromatic N) is 3. The lowest BCUT2D eigenvalue weighted by molar-refractivity contribution is 0.0697. The zero-order chi connectivity index (χ0) is 23.8. The van der Waals surface area contributed by atoms with Gasteiger partial charge in [-0.25, -0.2) is 14.8 Å². The lowest BCUT2D eigenvalue weighted by atomic mass is 10.1. The Morgan fingerprint density at radius 1 is 0.853 bits per heavy atom. The van der Waals surface area contributed by atoms with E-state index in [0.717, 1.165) is 24.3 Å². The van der Waals surface area contributed by atoms with Gasteiger partial charge in [0.05, 0.1) is 5.56 Å². The summed E-state index contributed by atoms with van der Waals surface area (Å²) in [6.07, 6.45) is 0.883. The SMILES string of the molecule is O=C(O)c1ccc(CSc2nc(Cl)cc(N(CCc3ccccc3)Cc3ccccc3)n2)cc1. The summed E-state index contributed by atoms with van der Waals surface area (Å²) in [6.45, 7) is 1.49. The van der Waals surface area contributed by atoms with Gasteiger partial charge in [0.1, 0.15) is 11.0 Å². The minimum atomic E-state index is -0.934. The lowest BCUT2D eigenvalue weighted by Gasteiger charge is -2.24. The molecule has 7 heteroatoms. The van der Waals surface area contributed by atoms with Gasteiger partial charge in [0.15, 0.2) is 5.16 Å². The molecule has 0 atom stereocenters. The van der Waals surface area contributed by atoms with Gasteiger partial charge < -0.3 is 10.0 Å². The number of thioether (sulfide) groups is 1. The molecular weight excluding hydrogens is 466 g/mol. The van der Waals surface area contributed by atoms with Crippen molar-refractivity contribution in [2.45, 2.75) is 23.9 Å². The van der Waals surface area contributed by atoms with Crippen molar-refractivity contribution in [1.82, 2.24) is 9.97 Å². The van der Waals surface area contributed by atoms with Gasteiger partial charge >= 0.3 is 5.97 Å². The van der Waals surface area contributed by atoms with Crippen molar-refractivity contribution in [3.05, 3.63) is 118 Å². The highest BCUT2D eigenvalue weighted by molar-refractivity contribution is 7.98. The first-order chi connectivity index (χ1) is 16.6. The summed E-state index contributed by atoms with van der Waals surface area (Å²) in [4.78, 5) is 22.5. The van der Waals surface area contributed by atoms with Gasteiger partial charge in [0.25, 0.3) is 0 Å². The van der Waals surface area contributed by atoms with E-state index in [1.807, 2.05) is 36.4 Å². The lowest BCUT2D eigenvalue weighted by Crippen LogP contribution is -2.26. The fourth-order valence-corrected chi connectivity index (χ4v) is 4.53. The number of aromatic carboxylic acids is 1. The van der Waals surface area contributed by atoms with E-state index < -0.39 is 5.97 Å². The number of benzene rings is 3. The van der Waals surface area contributed by atoms with E-state index >= 15 is 0 Å². The smallest absolute Gasteiger partial charge is 0.335 e. The summed E-state index contributed by atoms with van der Waals surface area (Å²) < 4.78 is 0. The molecule has 1 aromatic heterocycles. The molecule has 34 heavy (non-hydrogen) atoms. The Morgan fingerprint density at radius 2 is 1.50 bits per heavy atom. The van der Waals surface area contributed by atoms with Crippen molar-refractivity contribution in [2.24, 2.45) is 0 Å². The summed E-state index contributed by atoms with van der Waals surface area (Å²) in [5.41, 5.74) is 3.72. The minimum absolute atomic E-state index is 0.269. The molecule has 0 amide bonds. The van der Waals surface area contributed by atoms with Crippen LogP contribution in [0.25, 0.3) is 0 Å². The first-order valence-electron chi connectivity index (χ1n) is 10.9. The van der Waals surface area contributed by atoms with Crippen LogP contribution in [-0.2, 0) is 18.7 Å². The Morgan fingerprint density at radius 3 is 2.15 bits per heavy atom. The standard InChI is InChI=1S/C27H24ClN3O2S/c28-24-17-25(30-27(29-24)34-19-22-11-13-23(14-12-22)26(32)33)31(18-21-9-5-2-6-10-21)16-15-20-7-3-1-4-8-20/h1-14,17H,15-16,18-19H2,(H,32,33). The number of hydrogen-bond acceptors (Lipinski definition) is 5. The van der Waals surface area contributed by atoms with E-state index in [2.05, 4.69) is 46.3 Å². The molecule has 4 rings (SSSR count). The van der Waals surface area contributed by atoms with Gasteiger partial charge in [-0.3, -0.25) is 0 Å². The second-order valence-corrected chi connectivity index (χ2v) is 9.09. The van der Waals surface area contributed by atoms with E-state index in [1.54, 1.807) is 18.2 Å². The third kappa shape index (κ3) is 6.83. The van der Waals surface area contributed by atoms with Crippen LogP contribution < -0.4 is 4.90 Å². The fourth-order valence-electron chi connectivity index (χ4n) is 3.49. The quantitative estimate of drug-likeness (QED) is 0.158. The number of halogens is 1. The van der Waals surface area contributed by atoms with Crippen molar-refractivity contribution in [1.29, 1.82) is 0 Å². The van der Waals surface area contributed by atoms with Gasteiger partial charge in [-0.1, -0.05) is 96.2 Å². The zero-order valence-electron chi connectivity index (χ0n) is 18.5. The Balaban J connectivity index is 1.52. The first-order valence-corrected chi connectivity index (χ1v) is 12.3. The van der Waals surface area contributed by atoms with E-state index in [9.17, 15) is 4.79 Å². The highest BCUT2D eigenvalue weighted by Crippen LogP contribution is 2.26.